The Kier molecular flexibility index (Phi) is 7.48. The molecule has 29 heavy (non-hydrogen) atoms. The fourth-order valence-electron chi connectivity index (χ4n) is 2.79. The monoisotopic (exact) mass is 418 g/mol. The molecule has 2 aromatic rings. The highest BCUT2D eigenvalue weighted by molar-refractivity contribution is 6.74. The smallest absolute Gasteiger partial charge is 0.404 e. The molecule has 0 aliphatic carbocycles. The molecular weight excluding hydrogens is 384 g/mol. The minimum atomic E-state index is -1.91. The lowest BCUT2D eigenvalue weighted by Crippen LogP contribution is -2.43. The van der Waals surface area contributed by atoms with Crippen LogP contribution in [0.4, 0.5) is 16.2 Å². The van der Waals surface area contributed by atoms with Crippen LogP contribution in [-0.2, 0) is 4.43 Å². The number of benzene rings is 1. The standard InChI is InChI=1S/C21H34N4O3Si/c1-21(2,3)29(4,5)28-14-15(9-8-12-23-20(26)27)25-19-16-10-6-7-11-18(16)24-13-17(19)22/h6-7,10-11,13,15,23H,8-9,12,14,22H2,1-5H3,(H,24,25)(H,26,27)/t15-/m0/s1. The zero-order valence-electron chi connectivity index (χ0n) is 18.1. The Morgan fingerprint density at radius 2 is 2.00 bits per heavy atom. The van der Waals surface area contributed by atoms with Gasteiger partial charge in [0.25, 0.3) is 0 Å². The van der Waals surface area contributed by atoms with Crippen LogP contribution in [0.5, 0.6) is 0 Å². The average molecular weight is 419 g/mol. The topological polar surface area (TPSA) is 110 Å². The zero-order valence-corrected chi connectivity index (χ0v) is 19.1. The Balaban J connectivity index is 2.19. The lowest BCUT2D eigenvalue weighted by molar-refractivity contribution is 0.194. The highest BCUT2D eigenvalue weighted by atomic mass is 28.4. The molecule has 0 aliphatic rings. The molecule has 160 valence electrons. The molecule has 1 amide bonds. The van der Waals surface area contributed by atoms with E-state index in [1.807, 2.05) is 24.3 Å². The van der Waals surface area contributed by atoms with Gasteiger partial charge in [0, 0.05) is 18.0 Å². The Hall–Kier alpha value is -2.32. The highest BCUT2D eigenvalue weighted by Crippen LogP contribution is 2.37. The van der Waals surface area contributed by atoms with Gasteiger partial charge in [-0.1, -0.05) is 39.0 Å². The van der Waals surface area contributed by atoms with Gasteiger partial charge in [-0.25, -0.2) is 4.79 Å². The summed E-state index contributed by atoms with van der Waals surface area (Å²) in [5.74, 6) is 0. The van der Waals surface area contributed by atoms with Crippen LogP contribution in [0.2, 0.25) is 18.1 Å². The van der Waals surface area contributed by atoms with E-state index in [0.29, 0.717) is 25.3 Å². The molecule has 1 aromatic carbocycles. The molecule has 0 saturated heterocycles. The minimum absolute atomic E-state index is 0.00725. The number of rotatable bonds is 9. The third-order valence-electron chi connectivity index (χ3n) is 5.61. The maximum absolute atomic E-state index is 10.7. The molecule has 0 fully saturated rings. The van der Waals surface area contributed by atoms with Gasteiger partial charge in [-0.3, -0.25) is 4.98 Å². The molecule has 5 N–H and O–H groups in total. The number of nitrogens with zero attached hydrogens (tertiary/aromatic N) is 1. The summed E-state index contributed by atoms with van der Waals surface area (Å²) in [5, 5.41) is 15.9. The predicted octanol–water partition coefficient (Wildman–Crippen LogP) is 4.67. The van der Waals surface area contributed by atoms with Crippen molar-refractivity contribution in [2.75, 3.05) is 24.2 Å². The van der Waals surface area contributed by atoms with Crippen molar-refractivity contribution in [2.45, 2.75) is 57.8 Å². The number of hydrogen-bond donors (Lipinski definition) is 4. The second kappa shape index (κ2) is 9.45. The van der Waals surface area contributed by atoms with Crippen molar-refractivity contribution < 1.29 is 14.3 Å². The third-order valence-corrected chi connectivity index (χ3v) is 10.1. The van der Waals surface area contributed by atoms with Crippen LogP contribution >= 0.6 is 0 Å². The maximum atomic E-state index is 10.7. The number of fused-ring (bicyclic) bond motifs is 1. The number of nitrogens with one attached hydrogen (secondary N) is 2. The Morgan fingerprint density at radius 1 is 1.31 bits per heavy atom. The Bertz CT molecular complexity index is 836. The second-order valence-corrected chi connectivity index (χ2v) is 13.7. The number of carbonyl (C=O) groups is 1. The van der Waals surface area contributed by atoms with E-state index < -0.39 is 14.4 Å². The molecule has 1 aromatic heterocycles. The van der Waals surface area contributed by atoms with Gasteiger partial charge in [0.05, 0.1) is 29.7 Å². The van der Waals surface area contributed by atoms with Crippen LogP contribution in [0.15, 0.2) is 30.5 Å². The summed E-state index contributed by atoms with van der Waals surface area (Å²) in [7, 11) is -1.91. The fourth-order valence-corrected chi connectivity index (χ4v) is 3.84. The molecule has 0 radical (unpaired) electrons. The van der Waals surface area contributed by atoms with Crippen molar-refractivity contribution in [3.05, 3.63) is 30.5 Å². The Morgan fingerprint density at radius 3 is 2.66 bits per heavy atom. The molecule has 2 rings (SSSR count). The van der Waals surface area contributed by atoms with E-state index in [2.05, 4.69) is 49.5 Å². The lowest BCUT2D eigenvalue weighted by atomic mass is 10.1. The third kappa shape index (κ3) is 6.33. The lowest BCUT2D eigenvalue weighted by Gasteiger charge is -2.37. The minimum Gasteiger partial charge on any atom is -0.465 e. The molecule has 1 atom stereocenters. The van der Waals surface area contributed by atoms with Gasteiger partial charge in [-0.05, 0) is 37.0 Å². The maximum Gasteiger partial charge on any atom is 0.404 e. The normalized spacial score (nSPS) is 13.3. The molecule has 0 bridgehead atoms. The van der Waals surface area contributed by atoms with E-state index in [1.54, 1.807) is 6.20 Å². The van der Waals surface area contributed by atoms with E-state index in [4.69, 9.17) is 15.3 Å². The summed E-state index contributed by atoms with van der Waals surface area (Å²) >= 11 is 0. The van der Waals surface area contributed by atoms with Gasteiger partial charge < -0.3 is 25.9 Å². The first-order valence-corrected chi connectivity index (χ1v) is 12.9. The van der Waals surface area contributed by atoms with Crippen LogP contribution < -0.4 is 16.4 Å². The predicted molar refractivity (Wildman–Crippen MR) is 122 cm³/mol. The molecule has 0 spiro atoms. The van der Waals surface area contributed by atoms with E-state index in [9.17, 15) is 4.79 Å². The first kappa shape index (κ1) is 23.0. The van der Waals surface area contributed by atoms with Crippen LogP contribution in [-0.4, -0.2) is 43.7 Å². The number of anilines is 2. The van der Waals surface area contributed by atoms with Crippen molar-refractivity contribution in [1.82, 2.24) is 10.3 Å². The van der Waals surface area contributed by atoms with Gasteiger partial charge in [-0.2, -0.15) is 0 Å². The number of para-hydroxylation sites is 1. The largest absolute Gasteiger partial charge is 0.465 e. The van der Waals surface area contributed by atoms with Crippen molar-refractivity contribution in [1.29, 1.82) is 0 Å². The summed E-state index contributed by atoms with van der Waals surface area (Å²) in [6.07, 6.45) is 2.12. The molecular formula is C21H34N4O3Si. The Labute approximate surface area is 174 Å². The van der Waals surface area contributed by atoms with E-state index >= 15 is 0 Å². The van der Waals surface area contributed by atoms with Crippen molar-refractivity contribution in [2.24, 2.45) is 0 Å². The highest BCUT2D eigenvalue weighted by Gasteiger charge is 2.37. The number of hydrogen-bond acceptors (Lipinski definition) is 5. The van der Waals surface area contributed by atoms with Gasteiger partial charge in [-0.15, -0.1) is 0 Å². The van der Waals surface area contributed by atoms with Crippen molar-refractivity contribution in [3.63, 3.8) is 0 Å². The quantitative estimate of drug-likeness (QED) is 0.348. The number of amides is 1. The molecule has 8 heteroatoms. The number of carboxylic acid groups (broad SMARTS) is 1. The first-order chi connectivity index (χ1) is 13.5. The van der Waals surface area contributed by atoms with Crippen molar-refractivity contribution in [3.8, 4) is 0 Å². The van der Waals surface area contributed by atoms with Crippen LogP contribution in [0, 0.1) is 0 Å². The van der Waals surface area contributed by atoms with Gasteiger partial charge in [0.1, 0.15) is 0 Å². The molecule has 0 saturated carbocycles. The molecule has 0 unspecified atom stereocenters. The number of pyridine rings is 1. The zero-order chi connectivity index (χ0) is 21.7. The van der Waals surface area contributed by atoms with E-state index in [1.165, 1.54) is 0 Å². The van der Waals surface area contributed by atoms with Crippen molar-refractivity contribution >= 4 is 36.7 Å². The summed E-state index contributed by atoms with van der Waals surface area (Å²) in [6, 6.07) is 7.88. The number of aromatic nitrogens is 1. The molecule has 7 nitrogen and oxygen atoms in total. The summed E-state index contributed by atoms with van der Waals surface area (Å²) in [6.45, 7) is 12.0. The van der Waals surface area contributed by atoms with Gasteiger partial charge in [0.2, 0.25) is 0 Å². The number of nitrogens with two attached hydrogens (primary N) is 1. The van der Waals surface area contributed by atoms with Gasteiger partial charge >= 0.3 is 6.09 Å². The summed E-state index contributed by atoms with van der Waals surface area (Å²) < 4.78 is 6.44. The second-order valence-electron chi connectivity index (χ2n) is 8.89. The van der Waals surface area contributed by atoms with E-state index in [0.717, 1.165) is 23.0 Å². The first-order valence-electron chi connectivity index (χ1n) is 10.0. The summed E-state index contributed by atoms with van der Waals surface area (Å²) in [4.78, 5) is 15.1. The fraction of sp³-hybridized carbons (Fsp3) is 0.524. The van der Waals surface area contributed by atoms with Gasteiger partial charge in [0.15, 0.2) is 8.32 Å². The SMILES string of the molecule is CC(C)(C)[Si](C)(C)OC[C@H](CCCNC(=O)O)Nc1c(N)cnc2ccccc12. The average Bonchev–Trinajstić information content (AvgIpc) is 2.63. The summed E-state index contributed by atoms with van der Waals surface area (Å²) in [5.41, 5.74) is 8.55. The van der Waals surface area contributed by atoms with Crippen LogP contribution in [0.3, 0.4) is 0 Å². The van der Waals surface area contributed by atoms with E-state index in [-0.39, 0.29) is 11.1 Å². The number of nitrogen functional groups attached to an aromatic ring is 1. The van der Waals surface area contributed by atoms with Crippen LogP contribution in [0.25, 0.3) is 10.9 Å². The molecule has 1 heterocycles. The van der Waals surface area contributed by atoms with Crippen LogP contribution in [0.1, 0.15) is 33.6 Å². The molecule has 0 aliphatic heterocycles.